The number of aryl methyl sites for hydroxylation is 1. The SMILES string of the molecule is Cc1cc(C(C)(C)C)ccc1Oc1cnccc1CO. The van der Waals surface area contributed by atoms with Crippen molar-refractivity contribution in [3.05, 3.63) is 53.3 Å². The first-order chi connectivity index (χ1) is 9.41. The van der Waals surface area contributed by atoms with Crippen LogP contribution in [0.5, 0.6) is 11.5 Å². The first kappa shape index (κ1) is 14.5. The number of rotatable bonds is 3. The van der Waals surface area contributed by atoms with E-state index in [2.05, 4.69) is 37.9 Å². The van der Waals surface area contributed by atoms with E-state index in [1.165, 1.54) is 5.56 Å². The molecule has 0 spiro atoms. The molecular weight excluding hydrogens is 250 g/mol. The van der Waals surface area contributed by atoms with Gasteiger partial charge in [0.1, 0.15) is 5.75 Å². The van der Waals surface area contributed by atoms with Crippen LogP contribution in [-0.2, 0) is 12.0 Å². The highest BCUT2D eigenvalue weighted by molar-refractivity contribution is 5.42. The van der Waals surface area contributed by atoms with Crippen LogP contribution in [0.25, 0.3) is 0 Å². The molecule has 1 heterocycles. The Kier molecular flexibility index (Phi) is 4.09. The number of nitrogens with zero attached hydrogens (tertiary/aromatic N) is 1. The zero-order valence-corrected chi connectivity index (χ0v) is 12.5. The van der Waals surface area contributed by atoms with E-state index in [0.29, 0.717) is 5.75 Å². The van der Waals surface area contributed by atoms with Gasteiger partial charge in [-0.3, -0.25) is 4.98 Å². The van der Waals surface area contributed by atoms with Crippen molar-refractivity contribution in [2.75, 3.05) is 0 Å². The number of ether oxygens (including phenoxy) is 1. The van der Waals surface area contributed by atoms with E-state index in [4.69, 9.17) is 4.74 Å². The Morgan fingerprint density at radius 2 is 1.90 bits per heavy atom. The third-order valence-electron chi connectivity index (χ3n) is 3.30. The van der Waals surface area contributed by atoms with Gasteiger partial charge in [0, 0.05) is 11.8 Å². The van der Waals surface area contributed by atoms with Gasteiger partial charge in [0.05, 0.1) is 12.8 Å². The topological polar surface area (TPSA) is 42.4 Å². The largest absolute Gasteiger partial charge is 0.455 e. The summed E-state index contributed by atoms with van der Waals surface area (Å²) >= 11 is 0. The third-order valence-corrected chi connectivity index (χ3v) is 3.30. The lowest BCUT2D eigenvalue weighted by molar-refractivity contribution is 0.276. The molecule has 0 unspecified atom stereocenters. The van der Waals surface area contributed by atoms with Crippen molar-refractivity contribution in [2.45, 2.75) is 39.7 Å². The molecule has 1 N–H and O–H groups in total. The highest BCUT2D eigenvalue weighted by atomic mass is 16.5. The minimum absolute atomic E-state index is 0.0586. The van der Waals surface area contributed by atoms with E-state index in [1.54, 1.807) is 18.5 Å². The molecule has 0 aliphatic rings. The van der Waals surface area contributed by atoms with Crippen LogP contribution in [0.15, 0.2) is 36.7 Å². The number of hydrogen-bond acceptors (Lipinski definition) is 3. The van der Waals surface area contributed by atoms with Crippen molar-refractivity contribution in [1.82, 2.24) is 4.98 Å². The average molecular weight is 271 g/mol. The lowest BCUT2D eigenvalue weighted by Gasteiger charge is -2.20. The Morgan fingerprint density at radius 3 is 2.50 bits per heavy atom. The number of aromatic nitrogens is 1. The average Bonchev–Trinajstić information content (AvgIpc) is 2.40. The first-order valence-corrected chi connectivity index (χ1v) is 6.74. The molecule has 2 rings (SSSR count). The lowest BCUT2D eigenvalue weighted by atomic mass is 9.86. The predicted octanol–water partition coefficient (Wildman–Crippen LogP) is 3.97. The molecule has 106 valence electrons. The molecule has 3 nitrogen and oxygen atoms in total. The van der Waals surface area contributed by atoms with Crippen LogP contribution in [0, 0.1) is 6.92 Å². The molecule has 0 saturated carbocycles. The number of benzene rings is 1. The van der Waals surface area contributed by atoms with Crippen molar-refractivity contribution in [2.24, 2.45) is 0 Å². The van der Waals surface area contributed by atoms with Crippen LogP contribution < -0.4 is 4.74 Å². The van der Waals surface area contributed by atoms with Gasteiger partial charge in [0.15, 0.2) is 5.75 Å². The second-order valence-corrected chi connectivity index (χ2v) is 5.97. The number of pyridine rings is 1. The summed E-state index contributed by atoms with van der Waals surface area (Å²) in [6.07, 6.45) is 3.27. The van der Waals surface area contributed by atoms with E-state index >= 15 is 0 Å². The van der Waals surface area contributed by atoms with E-state index in [1.807, 2.05) is 13.0 Å². The van der Waals surface area contributed by atoms with Crippen molar-refractivity contribution in [3.8, 4) is 11.5 Å². The normalized spacial score (nSPS) is 11.4. The molecule has 3 heteroatoms. The maximum Gasteiger partial charge on any atom is 0.151 e. The Labute approximate surface area is 120 Å². The summed E-state index contributed by atoms with van der Waals surface area (Å²) in [5.41, 5.74) is 3.20. The zero-order valence-electron chi connectivity index (χ0n) is 12.5. The maximum atomic E-state index is 9.31. The molecule has 0 radical (unpaired) electrons. The Bertz CT molecular complexity index is 600. The van der Waals surface area contributed by atoms with Gasteiger partial charge < -0.3 is 9.84 Å². The zero-order chi connectivity index (χ0) is 14.8. The van der Waals surface area contributed by atoms with E-state index in [-0.39, 0.29) is 12.0 Å². The van der Waals surface area contributed by atoms with Gasteiger partial charge in [-0.15, -0.1) is 0 Å². The number of aliphatic hydroxyl groups excluding tert-OH is 1. The smallest absolute Gasteiger partial charge is 0.151 e. The fourth-order valence-electron chi connectivity index (χ4n) is 1.98. The summed E-state index contributed by atoms with van der Waals surface area (Å²) in [7, 11) is 0. The molecule has 0 aliphatic carbocycles. The van der Waals surface area contributed by atoms with Crippen LogP contribution in [0.2, 0.25) is 0 Å². The van der Waals surface area contributed by atoms with Gasteiger partial charge in [-0.1, -0.05) is 32.9 Å². The number of hydrogen-bond donors (Lipinski definition) is 1. The number of aliphatic hydroxyl groups is 1. The summed E-state index contributed by atoms with van der Waals surface area (Å²) in [5.74, 6) is 1.39. The summed E-state index contributed by atoms with van der Waals surface area (Å²) in [6.45, 7) is 8.53. The maximum absolute atomic E-state index is 9.31. The molecule has 20 heavy (non-hydrogen) atoms. The summed E-state index contributed by atoms with van der Waals surface area (Å²) in [5, 5.41) is 9.31. The molecule has 0 amide bonds. The molecule has 0 saturated heterocycles. The summed E-state index contributed by atoms with van der Waals surface area (Å²) in [4.78, 5) is 4.04. The highest BCUT2D eigenvalue weighted by Crippen LogP contribution is 2.31. The first-order valence-electron chi connectivity index (χ1n) is 6.74. The van der Waals surface area contributed by atoms with Crippen molar-refractivity contribution in [3.63, 3.8) is 0 Å². The van der Waals surface area contributed by atoms with Crippen molar-refractivity contribution >= 4 is 0 Å². The van der Waals surface area contributed by atoms with Crippen molar-refractivity contribution in [1.29, 1.82) is 0 Å². The Morgan fingerprint density at radius 1 is 1.15 bits per heavy atom. The quantitative estimate of drug-likeness (QED) is 0.918. The fraction of sp³-hybridized carbons (Fsp3) is 0.353. The third kappa shape index (κ3) is 3.17. The summed E-state index contributed by atoms with van der Waals surface area (Å²) in [6, 6.07) is 7.96. The highest BCUT2D eigenvalue weighted by Gasteiger charge is 2.15. The van der Waals surface area contributed by atoms with Gasteiger partial charge in [-0.2, -0.15) is 0 Å². The van der Waals surface area contributed by atoms with E-state index in [0.717, 1.165) is 16.9 Å². The van der Waals surface area contributed by atoms with Crippen LogP contribution >= 0.6 is 0 Å². The van der Waals surface area contributed by atoms with Crippen LogP contribution in [0.1, 0.15) is 37.5 Å². The second kappa shape index (κ2) is 5.63. The predicted molar refractivity (Wildman–Crippen MR) is 80.1 cm³/mol. The van der Waals surface area contributed by atoms with Gasteiger partial charge in [0.2, 0.25) is 0 Å². The Balaban J connectivity index is 2.31. The van der Waals surface area contributed by atoms with Crippen LogP contribution in [0.3, 0.4) is 0 Å². The van der Waals surface area contributed by atoms with Crippen molar-refractivity contribution < 1.29 is 9.84 Å². The lowest BCUT2D eigenvalue weighted by Crippen LogP contribution is -2.11. The second-order valence-electron chi connectivity index (χ2n) is 5.97. The van der Waals surface area contributed by atoms with Gasteiger partial charge in [0.25, 0.3) is 0 Å². The fourth-order valence-corrected chi connectivity index (χ4v) is 1.98. The van der Waals surface area contributed by atoms with Crippen LogP contribution in [0.4, 0.5) is 0 Å². The van der Waals surface area contributed by atoms with Gasteiger partial charge >= 0.3 is 0 Å². The van der Waals surface area contributed by atoms with E-state index in [9.17, 15) is 5.11 Å². The molecular formula is C17H21NO2. The molecule has 0 aliphatic heterocycles. The van der Waals surface area contributed by atoms with Gasteiger partial charge in [-0.05, 0) is 35.6 Å². The molecule has 1 aromatic carbocycles. The molecule has 0 atom stereocenters. The standard InChI is InChI=1S/C17H21NO2/c1-12-9-14(17(2,3)4)5-6-15(12)20-16-10-18-8-7-13(16)11-19/h5-10,19H,11H2,1-4H3. The van der Waals surface area contributed by atoms with Crippen LogP contribution in [-0.4, -0.2) is 10.1 Å². The molecule has 0 bridgehead atoms. The minimum atomic E-state index is -0.0586. The monoisotopic (exact) mass is 271 g/mol. The molecule has 0 fully saturated rings. The molecule has 1 aromatic heterocycles. The summed E-state index contributed by atoms with van der Waals surface area (Å²) < 4.78 is 5.88. The Hall–Kier alpha value is -1.87. The van der Waals surface area contributed by atoms with E-state index < -0.39 is 0 Å². The minimum Gasteiger partial charge on any atom is -0.455 e. The molecule has 2 aromatic rings. The van der Waals surface area contributed by atoms with Gasteiger partial charge in [-0.25, -0.2) is 0 Å².